The zero-order chi connectivity index (χ0) is 16.7. The number of rotatable bonds is 5. The van der Waals surface area contributed by atoms with Crippen molar-refractivity contribution in [3.8, 4) is 0 Å². The first kappa shape index (κ1) is 20.6. The quantitative estimate of drug-likeness (QED) is 0.640. The van der Waals surface area contributed by atoms with Crippen molar-refractivity contribution in [3.05, 3.63) is 24.3 Å². The molecule has 1 aromatic carbocycles. The molecular formula is C16H25ClN4O2S. The molecule has 0 radical (unpaired) electrons. The zero-order valence-electron chi connectivity index (χ0n) is 13.9. The normalized spacial score (nSPS) is 16.9. The highest BCUT2D eigenvalue weighted by Crippen LogP contribution is 2.21. The van der Waals surface area contributed by atoms with Gasteiger partial charge >= 0.3 is 6.03 Å². The van der Waals surface area contributed by atoms with Crippen molar-refractivity contribution in [3.63, 3.8) is 0 Å². The summed E-state index contributed by atoms with van der Waals surface area (Å²) in [4.78, 5) is 24.0. The molecule has 3 amide bonds. The Labute approximate surface area is 153 Å². The summed E-state index contributed by atoms with van der Waals surface area (Å²) in [5, 5.41) is 11.8. The van der Waals surface area contributed by atoms with E-state index in [2.05, 4.69) is 21.3 Å². The molecule has 0 saturated carbocycles. The molecule has 1 unspecified atom stereocenters. The van der Waals surface area contributed by atoms with E-state index in [1.54, 1.807) is 12.1 Å². The summed E-state index contributed by atoms with van der Waals surface area (Å²) in [5.74, 6) is 1.99. The van der Waals surface area contributed by atoms with Crippen LogP contribution in [0, 0.1) is 0 Å². The number of carbonyl (C=O) groups excluding carboxylic acids is 2. The molecule has 8 heteroatoms. The maximum absolute atomic E-state index is 12.2. The van der Waals surface area contributed by atoms with Gasteiger partial charge in [-0.2, -0.15) is 11.8 Å². The number of anilines is 2. The second-order valence-corrected chi connectivity index (χ2v) is 6.93. The van der Waals surface area contributed by atoms with Gasteiger partial charge in [0.05, 0.1) is 11.4 Å². The van der Waals surface area contributed by atoms with Gasteiger partial charge in [0.2, 0.25) is 5.91 Å². The van der Waals surface area contributed by atoms with E-state index in [1.165, 1.54) is 0 Å². The summed E-state index contributed by atoms with van der Waals surface area (Å²) in [6.07, 6.45) is 0.430. The summed E-state index contributed by atoms with van der Waals surface area (Å²) in [6.45, 7) is 4.72. The third-order valence-electron chi connectivity index (χ3n) is 3.30. The largest absolute Gasteiger partial charge is 0.336 e. The van der Waals surface area contributed by atoms with Gasteiger partial charge in [0, 0.05) is 36.6 Å². The van der Waals surface area contributed by atoms with E-state index in [1.807, 2.05) is 37.7 Å². The third-order valence-corrected chi connectivity index (χ3v) is 4.43. The fraction of sp³-hybridized carbons (Fsp3) is 0.500. The Morgan fingerprint density at radius 2 is 1.92 bits per heavy atom. The molecule has 6 nitrogen and oxygen atoms in total. The summed E-state index contributed by atoms with van der Waals surface area (Å²) >= 11 is 1.86. The number of para-hydroxylation sites is 2. The smallest absolute Gasteiger partial charge is 0.319 e. The highest BCUT2D eigenvalue weighted by molar-refractivity contribution is 7.99. The average Bonchev–Trinajstić information content (AvgIpc) is 2.49. The minimum atomic E-state index is -0.285. The fourth-order valence-electron chi connectivity index (χ4n) is 2.30. The van der Waals surface area contributed by atoms with E-state index in [-0.39, 0.29) is 36.4 Å². The van der Waals surface area contributed by atoms with Gasteiger partial charge in [-0.25, -0.2) is 4.79 Å². The molecule has 0 aromatic heterocycles. The van der Waals surface area contributed by atoms with E-state index >= 15 is 0 Å². The molecule has 1 heterocycles. The van der Waals surface area contributed by atoms with Crippen LogP contribution in [0.5, 0.6) is 0 Å². The van der Waals surface area contributed by atoms with Crippen molar-refractivity contribution >= 4 is 47.5 Å². The lowest BCUT2D eigenvalue weighted by atomic mass is 10.2. The van der Waals surface area contributed by atoms with Crippen molar-refractivity contribution in [2.45, 2.75) is 32.4 Å². The highest BCUT2D eigenvalue weighted by Gasteiger charge is 2.17. The maximum Gasteiger partial charge on any atom is 0.319 e. The van der Waals surface area contributed by atoms with Crippen LogP contribution in [0.1, 0.15) is 20.3 Å². The van der Waals surface area contributed by atoms with Gasteiger partial charge in [-0.1, -0.05) is 12.1 Å². The van der Waals surface area contributed by atoms with Crippen LogP contribution in [0.2, 0.25) is 0 Å². The number of carbonyl (C=O) groups is 2. The number of nitrogens with one attached hydrogen (secondary N) is 4. The van der Waals surface area contributed by atoms with E-state index in [4.69, 9.17) is 0 Å². The Morgan fingerprint density at radius 1 is 1.25 bits per heavy atom. The predicted molar refractivity (Wildman–Crippen MR) is 103 cm³/mol. The van der Waals surface area contributed by atoms with E-state index < -0.39 is 0 Å². The minimum Gasteiger partial charge on any atom is -0.336 e. The first-order valence-corrected chi connectivity index (χ1v) is 8.97. The van der Waals surface area contributed by atoms with Crippen molar-refractivity contribution in [2.75, 3.05) is 28.7 Å². The number of halogens is 1. The number of hydrogen-bond donors (Lipinski definition) is 4. The molecule has 1 aliphatic rings. The average molecular weight is 373 g/mol. The maximum atomic E-state index is 12.2. The van der Waals surface area contributed by atoms with Crippen LogP contribution in [0.15, 0.2) is 24.3 Å². The lowest BCUT2D eigenvalue weighted by molar-refractivity contribution is -0.116. The molecule has 1 saturated heterocycles. The molecule has 2 rings (SSSR count). The molecule has 0 spiro atoms. The molecule has 1 fully saturated rings. The van der Waals surface area contributed by atoms with Crippen LogP contribution in [-0.2, 0) is 4.79 Å². The second-order valence-electron chi connectivity index (χ2n) is 5.78. The standard InChI is InChI=1S/C16H24N4O2S.ClH/c1-11(2)18-16(22)20-14-6-4-3-5-13(14)19-15(21)9-12-10-23-8-7-17-12;/h3-6,11-12,17H,7-10H2,1-2H3,(H,19,21)(H2,18,20,22);1H. The number of amides is 3. The lowest BCUT2D eigenvalue weighted by Crippen LogP contribution is -2.40. The van der Waals surface area contributed by atoms with E-state index in [9.17, 15) is 9.59 Å². The van der Waals surface area contributed by atoms with Crippen molar-refractivity contribution in [1.82, 2.24) is 10.6 Å². The minimum absolute atomic E-state index is 0. The molecule has 1 aromatic rings. The fourth-order valence-corrected chi connectivity index (χ4v) is 3.25. The molecular weight excluding hydrogens is 348 g/mol. The van der Waals surface area contributed by atoms with Crippen LogP contribution < -0.4 is 21.3 Å². The number of urea groups is 1. The van der Waals surface area contributed by atoms with Crippen LogP contribution >= 0.6 is 24.2 Å². The Kier molecular flexibility index (Phi) is 8.95. The van der Waals surface area contributed by atoms with Crippen LogP contribution in [0.3, 0.4) is 0 Å². The Morgan fingerprint density at radius 3 is 2.50 bits per heavy atom. The van der Waals surface area contributed by atoms with Gasteiger partial charge < -0.3 is 21.3 Å². The summed E-state index contributed by atoms with van der Waals surface area (Å²) in [5.41, 5.74) is 1.20. The summed E-state index contributed by atoms with van der Waals surface area (Å²) in [7, 11) is 0. The highest BCUT2D eigenvalue weighted by atomic mass is 35.5. The Balaban J connectivity index is 0.00000288. The lowest BCUT2D eigenvalue weighted by Gasteiger charge is -2.22. The molecule has 0 bridgehead atoms. The summed E-state index contributed by atoms with van der Waals surface area (Å²) < 4.78 is 0. The first-order chi connectivity index (χ1) is 11.0. The Hall–Kier alpha value is -1.44. The monoisotopic (exact) mass is 372 g/mol. The van der Waals surface area contributed by atoms with E-state index in [0.717, 1.165) is 18.1 Å². The van der Waals surface area contributed by atoms with Gasteiger partial charge in [-0.3, -0.25) is 4.79 Å². The van der Waals surface area contributed by atoms with Crippen LogP contribution in [0.25, 0.3) is 0 Å². The number of thioether (sulfide) groups is 1. The molecule has 24 heavy (non-hydrogen) atoms. The number of hydrogen-bond acceptors (Lipinski definition) is 4. The zero-order valence-corrected chi connectivity index (χ0v) is 15.6. The first-order valence-electron chi connectivity index (χ1n) is 7.82. The van der Waals surface area contributed by atoms with Gasteiger partial charge in [-0.15, -0.1) is 12.4 Å². The van der Waals surface area contributed by atoms with Gasteiger partial charge in [-0.05, 0) is 26.0 Å². The van der Waals surface area contributed by atoms with Gasteiger partial charge in [0.15, 0.2) is 0 Å². The van der Waals surface area contributed by atoms with Crippen molar-refractivity contribution in [1.29, 1.82) is 0 Å². The van der Waals surface area contributed by atoms with Gasteiger partial charge in [0.25, 0.3) is 0 Å². The molecule has 0 aliphatic carbocycles. The van der Waals surface area contributed by atoms with Crippen LogP contribution in [0.4, 0.5) is 16.2 Å². The van der Waals surface area contributed by atoms with Gasteiger partial charge in [0.1, 0.15) is 0 Å². The molecule has 1 atom stereocenters. The van der Waals surface area contributed by atoms with Crippen molar-refractivity contribution < 1.29 is 9.59 Å². The predicted octanol–water partition coefficient (Wildman–Crippen LogP) is 2.67. The van der Waals surface area contributed by atoms with E-state index in [0.29, 0.717) is 17.8 Å². The third kappa shape index (κ3) is 6.98. The Bertz CT molecular complexity index is 551. The molecule has 1 aliphatic heterocycles. The van der Waals surface area contributed by atoms with Crippen molar-refractivity contribution in [2.24, 2.45) is 0 Å². The molecule has 4 N–H and O–H groups in total. The molecule has 134 valence electrons. The summed E-state index contributed by atoms with van der Waals surface area (Å²) in [6, 6.07) is 7.17. The van der Waals surface area contributed by atoms with Crippen LogP contribution in [-0.4, -0.2) is 42.1 Å². The number of benzene rings is 1. The second kappa shape index (κ2) is 10.4. The topological polar surface area (TPSA) is 82.3 Å². The SMILES string of the molecule is CC(C)NC(=O)Nc1ccccc1NC(=O)CC1CSCCN1.Cl.